The van der Waals surface area contributed by atoms with E-state index in [4.69, 9.17) is 0 Å². The van der Waals surface area contributed by atoms with Crippen LogP contribution in [-0.4, -0.2) is 6.54 Å². The van der Waals surface area contributed by atoms with Gasteiger partial charge in [-0.25, -0.2) is 0 Å². The fourth-order valence-corrected chi connectivity index (χ4v) is 2.50. The number of aryl methyl sites for hydroxylation is 1. The highest BCUT2D eigenvalue weighted by atomic mass is 32.1. The summed E-state index contributed by atoms with van der Waals surface area (Å²) < 4.78 is 0. The first-order valence-electron chi connectivity index (χ1n) is 5.65. The molecule has 2 rings (SSSR count). The lowest BCUT2D eigenvalue weighted by Crippen LogP contribution is -2.12. The van der Waals surface area contributed by atoms with Crippen LogP contribution in [0.25, 0.3) is 11.1 Å². The Morgan fingerprint density at radius 3 is 2.75 bits per heavy atom. The van der Waals surface area contributed by atoms with Crippen LogP contribution in [0.4, 0.5) is 0 Å². The van der Waals surface area contributed by atoms with Crippen LogP contribution in [-0.2, 0) is 6.54 Å². The summed E-state index contributed by atoms with van der Waals surface area (Å²) in [5.41, 5.74) is 4.07. The number of thiophene rings is 1. The summed E-state index contributed by atoms with van der Waals surface area (Å²) in [6.07, 6.45) is 0. The summed E-state index contributed by atoms with van der Waals surface area (Å²) in [4.78, 5) is 1.37. The second-order valence-corrected chi connectivity index (χ2v) is 5.00. The summed E-state index contributed by atoms with van der Waals surface area (Å²) in [6, 6.07) is 10.9. The molecule has 0 spiro atoms. The lowest BCUT2D eigenvalue weighted by atomic mass is 10.0. The lowest BCUT2D eigenvalue weighted by molar-refractivity contribution is 0.728. The Bertz CT molecular complexity index is 459. The van der Waals surface area contributed by atoms with E-state index in [0.717, 1.165) is 13.1 Å². The zero-order valence-electron chi connectivity index (χ0n) is 9.79. The second kappa shape index (κ2) is 5.28. The predicted molar refractivity (Wildman–Crippen MR) is 71.9 cm³/mol. The van der Waals surface area contributed by atoms with E-state index in [1.807, 2.05) is 11.3 Å². The molecular formula is C14H17NS. The SMILES string of the molecule is CCNCc1ccccc1-c1csc(C)c1. The van der Waals surface area contributed by atoms with E-state index >= 15 is 0 Å². The minimum Gasteiger partial charge on any atom is -0.313 e. The summed E-state index contributed by atoms with van der Waals surface area (Å²) in [5, 5.41) is 5.62. The van der Waals surface area contributed by atoms with Crippen molar-refractivity contribution in [2.24, 2.45) is 0 Å². The molecule has 0 aliphatic carbocycles. The van der Waals surface area contributed by atoms with Crippen molar-refractivity contribution in [1.29, 1.82) is 0 Å². The van der Waals surface area contributed by atoms with Gasteiger partial charge in [-0.2, -0.15) is 0 Å². The molecule has 0 atom stereocenters. The van der Waals surface area contributed by atoms with Crippen molar-refractivity contribution in [1.82, 2.24) is 5.32 Å². The molecule has 2 heteroatoms. The van der Waals surface area contributed by atoms with Gasteiger partial charge in [0, 0.05) is 11.4 Å². The normalized spacial score (nSPS) is 10.6. The molecule has 1 nitrogen and oxygen atoms in total. The number of benzene rings is 1. The van der Waals surface area contributed by atoms with Crippen molar-refractivity contribution >= 4 is 11.3 Å². The molecule has 1 heterocycles. The Balaban J connectivity index is 2.32. The van der Waals surface area contributed by atoms with E-state index in [2.05, 4.69) is 54.9 Å². The van der Waals surface area contributed by atoms with Crippen LogP contribution in [0.2, 0.25) is 0 Å². The third-order valence-electron chi connectivity index (χ3n) is 2.62. The number of nitrogens with one attached hydrogen (secondary N) is 1. The van der Waals surface area contributed by atoms with Crippen LogP contribution in [0.5, 0.6) is 0 Å². The van der Waals surface area contributed by atoms with Gasteiger partial charge in [0.15, 0.2) is 0 Å². The maximum Gasteiger partial charge on any atom is 0.0211 e. The minimum absolute atomic E-state index is 0.946. The average Bonchev–Trinajstić information content (AvgIpc) is 2.73. The molecule has 0 amide bonds. The monoisotopic (exact) mass is 231 g/mol. The van der Waals surface area contributed by atoms with E-state index < -0.39 is 0 Å². The Hall–Kier alpha value is -1.12. The third kappa shape index (κ3) is 2.52. The highest BCUT2D eigenvalue weighted by molar-refractivity contribution is 7.10. The number of rotatable bonds is 4. The fourth-order valence-electron chi connectivity index (χ4n) is 1.80. The standard InChI is InChI=1S/C14H17NS/c1-3-15-9-12-6-4-5-7-14(12)13-8-11(2)16-10-13/h4-8,10,15H,3,9H2,1-2H3. The molecule has 0 fully saturated rings. The van der Waals surface area contributed by atoms with E-state index in [1.165, 1.54) is 21.6 Å². The summed E-state index contributed by atoms with van der Waals surface area (Å²) >= 11 is 1.81. The van der Waals surface area contributed by atoms with Gasteiger partial charge >= 0.3 is 0 Å². The Kier molecular flexibility index (Phi) is 3.75. The van der Waals surface area contributed by atoms with E-state index in [9.17, 15) is 0 Å². The molecule has 0 saturated heterocycles. The van der Waals surface area contributed by atoms with E-state index in [0.29, 0.717) is 0 Å². The topological polar surface area (TPSA) is 12.0 Å². The number of hydrogen-bond donors (Lipinski definition) is 1. The first-order chi connectivity index (χ1) is 7.81. The van der Waals surface area contributed by atoms with Crippen molar-refractivity contribution in [3.05, 3.63) is 46.2 Å². The first kappa shape index (κ1) is 11.4. The maximum absolute atomic E-state index is 3.38. The molecule has 2 aromatic rings. The molecule has 0 radical (unpaired) electrons. The largest absolute Gasteiger partial charge is 0.313 e. The van der Waals surface area contributed by atoms with Crippen LogP contribution in [0.1, 0.15) is 17.4 Å². The van der Waals surface area contributed by atoms with Crippen molar-refractivity contribution < 1.29 is 0 Å². The Morgan fingerprint density at radius 2 is 2.06 bits per heavy atom. The molecule has 1 aromatic heterocycles. The van der Waals surface area contributed by atoms with Gasteiger partial charge in [-0.3, -0.25) is 0 Å². The quantitative estimate of drug-likeness (QED) is 0.843. The van der Waals surface area contributed by atoms with Crippen LogP contribution in [0.3, 0.4) is 0 Å². The molecule has 84 valence electrons. The molecular weight excluding hydrogens is 214 g/mol. The lowest BCUT2D eigenvalue weighted by Gasteiger charge is -2.08. The van der Waals surface area contributed by atoms with Gasteiger partial charge < -0.3 is 5.32 Å². The molecule has 16 heavy (non-hydrogen) atoms. The van der Waals surface area contributed by atoms with Gasteiger partial charge in [-0.15, -0.1) is 11.3 Å². The van der Waals surface area contributed by atoms with Gasteiger partial charge in [-0.1, -0.05) is 31.2 Å². The van der Waals surface area contributed by atoms with Crippen molar-refractivity contribution in [2.75, 3.05) is 6.54 Å². The van der Waals surface area contributed by atoms with Gasteiger partial charge in [0.25, 0.3) is 0 Å². The first-order valence-corrected chi connectivity index (χ1v) is 6.53. The predicted octanol–water partition coefficient (Wildman–Crippen LogP) is 3.83. The Morgan fingerprint density at radius 1 is 1.25 bits per heavy atom. The van der Waals surface area contributed by atoms with Gasteiger partial charge in [-0.05, 0) is 41.6 Å². The molecule has 1 N–H and O–H groups in total. The van der Waals surface area contributed by atoms with Crippen LogP contribution >= 0.6 is 11.3 Å². The van der Waals surface area contributed by atoms with Gasteiger partial charge in [0.2, 0.25) is 0 Å². The highest BCUT2D eigenvalue weighted by Gasteiger charge is 2.05. The zero-order valence-corrected chi connectivity index (χ0v) is 10.6. The average molecular weight is 231 g/mol. The van der Waals surface area contributed by atoms with Crippen LogP contribution in [0.15, 0.2) is 35.7 Å². The summed E-state index contributed by atoms with van der Waals surface area (Å²) in [5.74, 6) is 0. The minimum atomic E-state index is 0.946. The molecule has 0 unspecified atom stereocenters. The maximum atomic E-state index is 3.38. The van der Waals surface area contributed by atoms with Crippen molar-refractivity contribution in [2.45, 2.75) is 20.4 Å². The zero-order chi connectivity index (χ0) is 11.4. The van der Waals surface area contributed by atoms with Gasteiger partial charge in [0.05, 0.1) is 0 Å². The molecule has 1 aromatic carbocycles. The summed E-state index contributed by atoms with van der Waals surface area (Å²) in [7, 11) is 0. The molecule has 0 aliphatic rings. The summed E-state index contributed by atoms with van der Waals surface area (Å²) in [6.45, 7) is 6.25. The molecule has 0 bridgehead atoms. The Labute approximate surface area is 101 Å². The van der Waals surface area contributed by atoms with Crippen molar-refractivity contribution in [3.63, 3.8) is 0 Å². The van der Waals surface area contributed by atoms with Crippen molar-refractivity contribution in [3.8, 4) is 11.1 Å². The smallest absolute Gasteiger partial charge is 0.0211 e. The third-order valence-corrected chi connectivity index (χ3v) is 3.49. The molecule has 0 saturated carbocycles. The fraction of sp³-hybridized carbons (Fsp3) is 0.286. The van der Waals surface area contributed by atoms with E-state index in [-0.39, 0.29) is 0 Å². The van der Waals surface area contributed by atoms with Crippen LogP contribution < -0.4 is 5.32 Å². The van der Waals surface area contributed by atoms with Gasteiger partial charge in [0.1, 0.15) is 0 Å². The van der Waals surface area contributed by atoms with E-state index in [1.54, 1.807) is 0 Å². The number of hydrogen-bond acceptors (Lipinski definition) is 2. The molecule has 0 aliphatic heterocycles. The highest BCUT2D eigenvalue weighted by Crippen LogP contribution is 2.27. The second-order valence-electron chi connectivity index (χ2n) is 3.88. The van der Waals surface area contributed by atoms with Crippen LogP contribution in [0, 0.1) is 6.92 Å².